The van der Waals surface area contributed by atoms with Crippen LogP contribution in [0.3, 0.4) is 0 Å². The van der Waals surface area contributed by atoms with Gasteiger partial charge in [0.15, 0.2) is 6.10 Å². The average Bonchev–Trinajstić information content (AvgIpc) is 3.29. The molecule has 2 aliphatic rings. The van der Waals surface area contributed by atoms with Gasteiger partial charge in [-0.1, -0.05) is 115 Å². The summed E-state index contributed by atoms with van der Waals surface area (Å²) in [6.45, 7) is 2.70. The molecule has 388 valence electrons. The van der Waals surface area contributed by atoms with E-state index < -0.39 is 124 Å². The zero-order valence-corrected chi connectivity index (χ0v) is 40.9. The summed E-state index contributed by atoms with van der Waals surface area (Å²) in [5.74, 6) is -5.01. The molecule has 1 aliphatic carbocycles. The number of aliphatic hydroxyl groups excluding tert-OH is 8. The maximum Gasteiger partial charge on any atom is 0.472 e. The lowest BCUT2D eigenvalue weighted by atomic mass is 9.82. The van der Waals surface area contributed by atoms with Gasteiger partial charge in [0.05, 0.1) is 37.1 Å². The number of cyclic esters (lactones) is 1. The van der Waals surface area contributed by atoms with Gasteiger partial charge in [0.25, 0.3) is 0 Å². The zero-order valence-electron chi connectivity index (χ0n) is 40.0. The van der Waals surface area contributed by atoms with Crippen LogP contribution >= 0.6 is 7.82 Å². The largest absolute Gasteiger partial charge is 0.472 e. The zero-order chi connectivity index (χ0) is 49.6. The van der Waals surface area contributed by atoms with Crippen molar-refractivity contribution in [3.8, 4) is 0 Å². The molecule has 1 unspecified atom stereocenters. The second-order valence-corrected chi connectivity index (χ2v) is 19.7. The third-order valence-corrected chi connectivity index (χ3v) is 13.4. The predicted octanol–water partition coefficient (Wildman–Crippen LogP) is 5.73. The van der Waals surface area contributed by atoms with Crippen molar-refractivity contribution in [1.82, 2.24) is 0 Å². The highest BCUT2D eigenvalue weighted by Gasteiger charge is 2.49. The normalized spacial score (nSPS) is 31.8. The molecule has 1 saturated heterocycles. The molecule has 17 nitrogen and oxygen atoms in total. The van der Waals surface area contributed by atoms with E-state index in [1.165, 1.54) is 31.4 Å². The molecule has 0 aromatic rings. The number of unbranched alkanes of at least 4 members (excludes halogenated alkanes) is 12. The topological polar surface area (TPSA) is 287 Å². The molecule has 13 atom stereocenters. The Labute approximate surface area is 398 Å². The standard InChI is InChI=1S/C49H85O17P/c1-3-5-7-8-9-10-11-12-13-14-15-16-17-18-19-20-22-27-42(54)63-33-37-34-64-67(61,62)66-49-47(59)44(56)38(30-29-35(50)25-21-6-4-2)40(52)32-41(53)39(45(57)46(58)48(49)60)31-36(51)26-23-24-28-43(55)65-37/h9-10,12-13,29-30,35,37-41,44-50,52-53,56-60H,3-8,11,14-28,31-34H2,1-2H3,(H,61,62)/b10-9-,13-12-,30-29+/t35-,37+,38-,39-,40+,41-,44+,45+,46-,47+,48+,49+/m0/s1. The van der Waals surface area contributed by atoms with Crippen LogP contribution in [0, 0.1) is 11.8 Å². The Balaban J connectivity index is 2.12. The van der Waals surface area contributed by atoms with E-state index in [4.69, 9.17) is 18.5 Å². The van der Waals surface area contributed by atoms with Gasteiger partial charge in [-0.2, -0.15) is 0 Å². The molecule has 1 saturated carbocycles. The van der Waals surface area contributed by atoms with Crippen LogP contribution in [0.4, 0.5) is 0 Å². The number of hydrogen-bond donors (Lipinski definition) is 9. The summed E-state index contributed by atoms with van der Waals surface area (Å²) in [5.41, 5.74) is 0. The fourth-order valence-corrected chi connectivity index (χ4v) is 9.23. The van der Waals surface area contributed by atoms with Crippen LogP contribution in [-0.2, 0) is 37.5 Å². The van der Waals surface area contributed by atoms with Crippen LogP contribution in [0.5, 0.6) is 0 Å². The second-order valence-electron chi connectivity index (χ2n) is 18.3. The van der Waals surface area contributed by atoms with Crippen molar-refractivity contribution in [3.63, 3.8) is 0 Å². The highest BCUT2D eigenvalue weighted by atomic mass is 31.2. The number of phosphoric ester groups is 1. The number of Topliss-reactive ketones (excluding diaryl/α,β-unsaturated/α-hetero) is 1. The minimum atomic E-state index is -5.49. The molecule has 2 fully saturated rings. The van der Waals surface area contributed by atoms with E-state index in [-0.39, 0.29) is 32.1 Å². The third kappa shape index (κ3) is 25.3. The van der Waals surface area contributed by atoms with E-state index in [0.717, 1.165) is 70.6 Å². The Morgan fingerprint density at radius 3 is 2.01 bits per heavy atom. The minimum absolute atomic E-state index is 0.0730. The first-order chi connectivity index (χ1) is 32.0. The fraction of sp³-hybridized carbons (Fsp3) is 0.816. The Morgan fingerprint density at radius 1 is 0.746 bits per heavy atom. The van der Waals surface area contributed by atoms with Crippen LogP contribution in [-0.4, -0.2) is 138 Å². The van der Waals surface area contributed by atoms with Gasteiger partial charge in [-0.25, -0.2) is 4.57 Å². The van der Waals surface area contributed by atoms with Crippen LogP contribution in [0.15, 0.2) is 36.5 Å². The smallest absolute Gasteiger partial charge is 0.462 e. The molecule has 1 aliphatic heterocycles. The highest BCUT2D eigenvalue weighted by Crippen LogP contribution is 2.47. The molecule has 2 bridgehead atoms. The van der Waals surface area contributed by atoms with Gasteiger partial charge in [0.2, 0.25) is 0 Å². The Bertz CT molecular complexity index is 1510. The molecule has 2 rings (SSSR count). The predicted molar refractivity (Wildman–Crippen MR) is 251 cm³/mol. The first-order valence-electron chi connectivity index (χ1n) is 25.0. The number of fused-ring (bicyclic) bond motifs is 4. The Hall–Kier alpha value is -2.38. The Kier molecular flexibility index (Phi) is 31.6. The maximum atomic E-state index is 13.5. The van der Waals surface area contributed by atoms with Crippen molar-refractivity contribution in [2.75, 3.05) is 13.2 Å². The molecule has 18 heteroatoms. The number of ketones is 1. The van der Waals surface area contributed by atoms with Gasteiger partial charge < -0.3 is 55.2 Å². The lowest BCUT2D eigenvalue weighted by Crippen LogP contribution is -2.56. The average molecular weight is 977 g/mol. The van der Waals surface area contributed by atoms with Gasteiger partial charge in [-0.15, -0.1) is 0 Å². The third-order valence-electron chi connectivity index (χ3n) is 12.4. The van der Waals surface area contributed by atoms with Gasteiger partial charge in [0.1, 0.15) is 36.8 Å². The highest BCUT2D eigenvalue weighted by molar-refractivity contribution is 7.47. The fourth-order valence-electron chi connectivity index (χ4n) is 8.26. The minimum Gasteiger partial charge on any atom is -0.462 e. The van der Waals surface area contributed by atoms with Gasteiger partial charge >= 0.3 is 19.8 Å². The van der Waals surface area contributed by atoms with Crippen LogP contribution in [0.1, 0.15) is 168 Å². The summed E-state index contributed by atoms with van der Waals surface area (Å²) in [4.78, 5) is 49.7. The van der Waals surface area contributed by atoms with Crippen molar-refractivity contribution < 1.29 is 83.2 Å². The SMILES string of the molecule is CCCCC/C=C\C/C=C\CCCCCCCCCC(=O)OC[C@@H]1COP(=O)(O)O[C@H]2[C@H](O)[C@@H](O)[C@H](O)[C@@H](CC(=O)CCCCC(=O)O1)[C@@H](O)C[C@@H](O)[C@H](/C=C/[C@@H](O)CCCCC)[C@@H](O)[C@H]2O. The number of phosphoric acid groups is 1. The lowest BCUT2D eigenvalue weighted by molar-refractivity contribution is -0.168. The van der Waals surface area contributed by atoms with Crippen LogP contribution < -0.4 is 0 Å². The summed E-state index contributed by atoms with van der Waals surface area (Å²) in [6, 6.07) is 0. The maximum absolute atomic E-state index is 13.5. The van der Waals surface area contributed by atoms with Gasteiger partial charge in [0, 0.05) is 43.9 Å². The van der Waals surface area contributed by atoms with E-state index in [9.17, 15) is 64.7 Å². The van der Waals surface area contributed by atoms with Crippen molar-refractivity contribution in [1.29, 1.82) is 0 Å². The number of ether oxygens (including phenoxy) is 2. The lowest BCUT2D eigenvalue weighted by Gasteiger charge is -2.37. The van der Waals surface area contributed by atoms with Crippen molar-refractivity contribution in [2.24, 2.45) is 11.8 Å². The Morgan fingerprint density at radius 2 is 1.34 bits per heavy atom. The first kappa shape index (κ1) is 60.7. The number of aliphatic hydroxyl groups is 8. The van der Waals surface area contributed by atoms with Crippen molar-refractivity contribution in [3.05, 3.63) is 36.5 Å². The molecular formula is C49H85O17P. The second kappa shape index (κ2) is 34.8. The summed E-state index contributed by atoms with van der Waals surface area (Å²) < 4.78 is 34.6. The number of esters is 2. The number of hydrogen-bond acceptors (Lipinski definition) is 16. The molecule has 0 radical (unpaired) electrons. The molecule has 0 spiro atoms. The number of allylic oxidation sites excluding steroid dienone is 4. The summed E-state index contributed by atoms with van der Waals surface area (Å²) in [5, 5.41) is 89.9. The van der Waals surface area contributed by atoms with E-state index in [1.807, 2.05) is 6.92 Å². The number of rotatable bonds is 24. The van der Waals surface area contributed by atoms with Crippen LogP contribution in [0.25, 0.3) is 0 Å². The van der Waals surface area contributed by atoms with E-state index in [0.29, 0.717) is 19.3 Å². The quantitative estimate of drug-likeness (QED) is 0.0242. The number of carbonyl (C=O) groups is 3. The molecule has 0 aromatic carbocycles. The van der Waals surface area contributed by atoms with E-state index in [1.54, 1.807) is 0 Å². The number of carbonyl (C=O) groups excluding carboxylic acids is 3. The summed E-state index contributed by atoms with van der Waals surface area (Å²) >= 11 is 0. The van der Waals surface area contributed by atoms with Crippen molar-refractivity contribution in [2.45, 2.75) is 229 Å². The molecule has 67 heavy (non-hydrogen) atoms. The van der Waals surface area contributed by atoms with E-state index in [2.05, 4.69) is 31.2 Å². The van der Waals surface area contributed by atoms with Gasteiger partial charge in [-0.3, -0.25) is 23.4 Å². The first-order valence-corrected chi connectivity index (χ1v) is 26.5. The van der Waals surface area contributed by atoms with Crippen molar-refractivity contribution >= 4 is 25.5 Å². The van der Waals surface area contributed by atoms with E-state index >= 15 is 0 Å². The molecular weight excluding hydrogens is 891 g/mol. The monoisotopic (exact) mass is 977 g/mol. The molecule has 0 aromatic heterocycles. The van der Waals surface area contributed by atoms with Gasteiger partial charge in [-0.05, 0) is 57.8 Å². The summed E-state index contributed by atoms with van der Waals surface area (Å²) in [7, 11) is -5.49. The molecule has 9 N–H and O–H groups in total. The molecule has 0 amide bonds. The van der Waals surface area contributed by atoms with Crippen LogP contribution in [0.2, 0.25) is 0 Å². The molecule has 1 heterocycles. The summed E-state index contributed by atoms with van der Waals surface area (Å²) in [6.07, 6.45) is 6.42.